The van der Waals surface area contributed by atoms with Gasteiger partial charge in [-0.3, -0.25) is 4.79 Å². The highest BCUT2D eigenvalue weighted by Crippen LogP contribution is 2.26. The van der Waals surface area contributed by atoms with E-state index in [0.717, 1.165) is 19.4 Å². The van der Waals surface area contributed by atoms with Crippen molar-refractivity contribution in [2.45, 2.75) is 51.1 Å². The highest BCUT2D eigenvalue weighted by molar-refractivity contribution is 7.89. The molecule has 6 nitrogen and oxygen atoms in total. The summed E-state index contributed by atoms with van der Waals surface area (Å²) in [5, 5.41) is 3.37. The third-order valence-electron chi connectivity index (χ3n) is 4.60. The fourth-order valence-corrected chi connectivity index (χ4v) is 5.19. The van der Waals surface area contributed by atoms with E-state index < -0.39 is 15.6 Å². The number of hydrogen-bond acceptors (Lipinski definition) is 4. The molecule has 0 bridgehead atoms. The van der Waals surface area contributed by atoms with Gasteiger partial charge < -0.3 is 10.2 Å². The van der Waals surface area contributed by atoms with E-state index in [1.165, 1.54) is 10.7 Å². The molecule has 0 radical (unpaired) electrons. The molecule has 1 amide bonds. The summed E-state index contributed by atoms with van der Waals surface area (Å²) in [4.78, 5) is 13.8. The molecule has 0 aromatic carbocycles. The zero-order chi connectivity index (χ0) is 15.7. The van der Waals surface area contributed by atoms with Gasteiger partial charge in [0.2, 0.25) is 15.9 Å². The van der Waals surface area contributed by atoms with Gasteiger partial charge in [0.1, 0.15) is 5.54 Å². The van der Waals surface area contributed by atoms with Crippen molar-refractivity contribution in [2.24, 2.45) is 0 Å². The first-order chi connectivity index (χ1) is 9.75. The number of amides is 1. The highest BCUT2D eigenvalue weighted by Gasteiger charge is 2.46. The first-order valence-electron chi connectivity index (χ1n) is 7.74. The van der Waals surface area contributed by atoms with Crippen molar-refractivity contribution >= 4 is 15.9 Å². The Morgan fingerprint density at radius 2 is 2.00 bits per heavy atom. The number of carbonyl (C=O) groups is 1. The van der Waals surface area contributed by atoms with Gasteiger partial charge in [-0.25, -0.2) is 8.42 Å². The van der Waals surface area contributed by atoms with Crippen LogP contribution in [0.5, 0.6) is 0 Å². The van der Waals surface area contributed by atoms with Crippen LogP contribution in [-0.4, -0.2) is 67.5 Å². The third-order valence-corrected chi connectivity index (χ3v) is 6.67. The van der Waals surface area contributed by atoms with Crippen LogP contribution >= 0.6 is 0 Å². The molecule has 122 valence electrons. The summed E-state index contributed by atoms with van der Waals surface area (Å²) in [7, 11) is -1.68. The van der Waals surface area contributed by atoms with Crippen LogP contribution in [0.1, 0.15) is 39.5 Å². The standard InChI is InChI=1S/C14H27N3O3S/c1-14(2)13(18)16(3)9-10-17(14)21(19,20)11-7-12-6-4-5-8-15-12/h12,15H,4-11H2,1-3H3. The second-order valence-electron chi connectivity index (χ2n) is 6.61. The van der Waals surface area contributed by atoms with E-state index in [4.69, 9.17) is 0 Å². The second-order valence-corrected chi connectivity index (χ2v) is 8.62. The maximum atomic E-state index is 12.6. The summed E-state index contributed by atoms with van der Waals surface area (Å²) in [5.41, 5.74) is -0.980. The van der Waals surface area contributed by atoms with Gasteiger partial charge >= 0.3 is 0 Å². The molecule has 0 aliphatic carbocycles. The van der Waals surface area contributed by atoms with Crippen molar-refractivity contribution < 1.29 is 13.2 Å². The molecule has 0 saturated carbocycles. The molecule has 0 aromatic heterocycles. The Morgan fingerprint density at radius 1 is 1.29 bits per heavy atom. The van der Waals surface area contributed by atoms with E-state index in [9.17, 15) is 13.2 Å². The summed E-state index contributed by atoms with van der Waals surface area (Å²) in [6, 6.07) is 0.291. The first kappa shape index (κ1) is 16.7. The molecule has 2 fully saturated rings. The van der Waals surface area contributed by atoms with E-state index >= 15 is 0 Å². The van der Waals surface area contributed by atoms with E-state index in [-0.39, 0.29) is 11.7 Å². The number of nitrogens with one attached hydrogen (secondary N) is 1. The number of piperidine rings is 1. The van der Waals surface area contributed by atoms with E-state index in [2.05, 4.69) is 5.32 Å². The number of hydrogen-bond donors (Lipinski definition) is 1. The predicted octanol–water partition coefficient (Wildman–Crippen LogP) is 0.401. The normalized spacial score (nSPS) is 27.9. The van der Waals surface area contributed by atoms with Crippen LogP contribution in [0.2, 0.25) is 0 Å². The largest absolute Gasteiger partial charge is 0.343 e. The van der Waals surface area contributed by atoms with Crippen LogP contribution in [0.25, 0.3) is 0 Å². The van der Waals surface area contributed by atoms with Gasteiger partial charge in [-0.1, -0.05) is 6.42 Å². The van der Waals surface area contributed by atoms with Gasteiger partial charge in [-0.15, -0.1) is 0 Å². The third kappa shape index (κ3) is 3.57. The Kier molecular flexibility index (Phi) is 4.95. The molecular weight excluding hydrogens is 290 g/mol. The number of rotatable bonds is 4. The molecule has 0 aromatic rings. The van der Waals surface area contributed by atoms with Crippen LogP contribution in [0.3, 0.4) is 0 Å². The van der Waals surface area contributed by atoms with Crippen molar-refractivity contribution in [3.05, 3.63) is 0 Å². The van der Waals surface area contributed by atoms with Gasteiger partial charge in [-0.2, -0.15) is 4.31 Å². The number of likely N-dealkylation sites (N-methyl/N-ethyl adjacent to an activating group) is 1. The van der Waals surface area contributed by atoms with Crippen LogP contribution < -0.4 is 5.32 Å². The molecule has 0 spiro atoms. The average Bonchev–Trinajstić information content (AvgIpc) is 2.43. The number of nitrogens with zero attached hydrogens (tertiary/aromatic N) is 2. The number of carbonyl (C=O) groups excluding carboxylic acids is 1. The monoisotopic (exact) mass is 317 g/mol. The molecule has 2 saturated heterocycles. The second kappa shape index (κ2) is 6.22. The minimum absolute atomic E-state index is 0.116. The SMILES string of the molecule is CN1CCN(S(=O)(=O)CCC2CCCCN2)C(C)(C)C1=O. The van der Waals surface area contributed by atoms with Crippen LogP contribution in [0, 0.1) is 0 Å². The minimum Gasteiger partial charge on any atom is -0.343 e. The summed E-state index contributed by atoms with van der Waals surface area (Å²) in [5.74, 6) is -0.0152. The Balaban J connectivity index is 2.02. The molecular formula is C14H27N3O3S. The van der Waals surface area contributed by atoms with Crippen molar-refractivity contribution in [3.8, 4) is 0 Å². The summed E-state index contributed by atoms with van der Waals surface area (Å²) in [6.07, 6.45) is 4.00. The Bertz CT molecular complexity index is 484. The molecule has 1 atom stereocenters. The maximum Gasteiger partial charge on any atom is 0.243 e. The van der Waals surface area contributed by atoms with E-state index in [1.807, 2.05) is 0 Å². The Hall–Kier alpha value is -0.660. The Morgan fingerprint density at radius 3 is 2.62 bits per heavy atom. The molecule has 1 N–H and O–H groups in total. The van der Waals surface area contributed by atoms with E-state index in [0.29, 0.717) is 25.6 Å². The molecule has 2 heterocycles. The lowest BCUT2D eigenvalue weighted by Crippen LogP contribution is -2.63. The zero-order valence-electron chi connectivity index (χ0n) is 13.3. The van der Waals surface area contributed by atoms with Gasteiger partial charge in [0, 0.05) is 26.2 Å². The average molecular weight is 317 g/mol. The van der Waals surface area contributed by atoms with Crippen LogP contribution in [0.4, 0.5) is 0 Å². The zero-order valence-corrected chi connectivity index (χ0v) is 14.1. The quantitative estimate of drug-likeness (QED) is 0.815. The fraction of sp³-hybridized carbons (Fsp3) is 0.929. The lowest BCUT2D eigenvalue weighted by Gasteiger charge is -2.43. The van der Waals surface area contributed by atoms with Crippen molar-refractivity contribution in [3.63, 3.8) is 0 Å². The molecule has 2 aliphatic heterocycles. The fourth-order valence-electron chi connectivity index (χ4n) is 3.25. The number of piperazine rings is 1. The van der Waals surface area contributed by atoms with Crippen molar-refractivity contribution in [1.82, 2.24) is 14.5 Å². The molecule has 1 unspecified atom stereocenters. The first-order valence-corrected chi connectivity index (χ1v) is 9.35. The lowest BCUT2D eigenvalue weighted by atomic mass is 10.0. The van der Waals surface area contributed by atoms with Crippen molar-refractivity contribution in [2.75, 3.05) is 32.4 Å². The Labute approximate surface area is 127 Å². The van der Waals surface area contributed by atoms with E-state index in [1.54, 1.807) is 25.8 Å². The summed E-state index contributed by atoms with van der Waals surface area (Å²) >= 11 is 0. The topological polar surface area (TPSA) is 69.7 Å². The maximum absolute atomic E-state index is 12.6. The van der Waals surface area contributed by atoms with Gasteiger partial charge in [0.15, 0.2) is 0 Å². The van der Waals surface area contributed by atoms with Gasteiger partial charge in [0.05, 0.1) is 5.75 Å². The minimum atomic E-state index is -3.40. The molecule has 2 aliphatic rings. The summed E-state index contributed by atoms with van der Waals surface area (Å²) < 4.78 is 26.6. The summed E-state index contributed by atoms with van der Waals surface area (Å²) in [6.45, 7) is 5.21. The highest BCUT2D eigenvalue weighted by atomic mass is 32.2. The van der Waals surface area contributed by atoms with Gasteiger partial charge in [0.25, 0.3) is 0 Å². The van der Waals surface area contributed by atoms with Crippen LogP contribution in [0.15, 0.2) is 0 Å². The molecule has 2 rings (SSSR count). The molecule has 21 heavy (non-hydrogen) atoms. The van der Waals surface area contributed by atoms with Crippen molar-refractivity contribution in [1.29, 1.82) is 0 Å². The molecule has 7 heteroatoms. The van der Waals surface area contributed by atoms with Crippen LogP contribution in [-0.2, 0) is 14.8 Å². The number of sulfonamides is 1. The lowest BCUT2D eigenvalue weighted by molar-refractivity contribution is -0.142. The van der Waals surface area contributed by atoms with Gasteiger partial charge in [-0.05, 0) is 39.7 Å². The predicted molar refractivity (Wildman–Crippen MR) is 82.5 cm³/mol. The smallest absolute Gasteiger partial charge is 0.243 e.